The first-order valence-electron chi connectivity index (χ1n) is 7.69. The molecule has 4 rings (SSSR count). The molecule has 3 aromatic carbocycles. The summed E-state index contributed by atoms with van der Waals surface area (Å²) >= 11 is 0. The van der Waals surface area contributed by atoms with Crippen LogP contribution in [0.5, 0.6) is 0 Å². The molecule has 0 aliphatic heterocycles. The van der Waals surface area contributed by atoms with Gasteiger partial charge in [-0.2, -0.15) is 0 Å². The fourth-order valence-corrected chi connectivity index (χ4v) is 3.21. The zero-order valence-corrected chi connectivity index (χ0v) is 12.9. The third kappa shape index (κ3) is 2.42. The lowest BCUT2D eigenvalue weighted by Gasteiger charge is -2.09. The minimum absolute atomic E-state index is 0.307. The molecule has 24 heavy (non-hydrogen) atoms. The predicted octanol–water partition coefficient (Wildman–Crippen LogP) is 4.79. The maximum atomic E-state index is 13.6. The number of nitrogens with zero attached hydrogens (tertiary/aromatic N) is 2. The molecule has 118 valence electrons. The zero-order chi connectivity index (χ0) is 16.5. The van der Waals surface area contributed by atoms with Crippen molar-refractivity contribution in [1.82, 2.24) is 4.57 Å². The van der Waals surface area contributed by atoms with Crippen LogP contribution in [0.15, 0.2) is 72.0 Å². The Balaban J connectivity index is 1.87. The van der Waals surface area contributed by atoms with Gasteiger partial charge in [0.2, 0.25) is 0 Å². The number of halogens is 1. The molecule has 0 fully saturated rings. The highest BCUT2D eigenvalue weighted by atomic mass is 19.1. The van der Waals surface area contributed by atoms with Crippen molar-refractivity contribution < 1.29 is 9.60 Å². The van der Waals surface area contributed by atoms with Gasteiger partial charge in [-0.1, -0.05) is 47.6 Å². The average molecular weight is 318 g/mol. The highest BCUT2D eigenvalue weighted by molar-refractivity contribution is 5.99. The Kier molecular flexibility index (Phi) is 3.50. The maximum absolute atomic E-state index is 13.6. The first-order valence-corrected chi connectivity index (χ1v) is 7.69. The summed E-state index contributed by atoms with van der Waals surface area (Å²) in [7, 11) is 0. The van der Waals surface area contributed by atoms with Gasteiger partial charge in [0, 0.05) is 29.2 Å². The summed E-state index contributed by atoms with van der Waals surface area (Å²) in [4.78, 5) is 0. The van der Waals surface area contributed by atoms with E-state index in [9.17, 15) is 4.39 Å². The summed E-state index contributed by atoms with van der Waals surface area (Å²) in [6, 6.07) is 19.1. The highest BCUT2D eigenvalue weighted by Gasteiger charge is 2.10. The van der Waals surface area contributed by atoms with Crippen molar-refractivity contribution in [3.63, 3.8) is 0 Å². The van der Waals surface area contributed by atoms with Gasteiger partial charge in [0.15, 0.2) is 0 Å². The van der Waals surface area contributed by atoms with Crippen molar-refractivity contribution in [2.24, 2.45) is 5.16 Å². The molecule has 1 N–H and O–H groups in total. The number of rotatable bonds is 3. The van der Waals surface area contributed by atoms with E-state index in [2.05, 4.69) is 29.4 Å². The summed E-state index contributed by atoms with van der Waals surface area (Å²) in [6.45, 7) is 0.656. The van der Waals surface area contributed by atoms with Crippen LogP contribution in [0.3, 0.4) is 0 Å². The largest absolute Gasteiger partial charge is 0.411 e. The van der Waals surface area contributed by atoms with Gasteiger partial charge in [0.25, 0.3) is 0 Å². The second kappa shape index (κ2) is 5.81. The number of hydrogen-bond acceptors (Lipinski definition) is 2. The van der Waals surface area contributed by atoms with Gasteiger partial charge in [-0.3, -0.25) is 0 Å². The predicted molar refractivity (Wildman–Crippen MR) is 94.3 cm³/mol. The zero-order valence-electron chi connectivity index (χ0n) is 12.9. The van der Waals surface area contributed by atoms with E-state index in [1.807, 2.05) is 29.0 Å². The molecule has 1 aromatic heterocycles. The normalized spacial score (nSPS) is 11.7. The Morgan fingerprint density at radius 3 is 2.71 bits per heavy atom. The third-order valence-corrected chi connectivity index (χ3v) is 4.29. The molecule has 0 unspecified atom stereocenters. The lowest BCUT2D eigenvalue weighted by molar-refractivity contribution is 0.322. The number of benzene rings is 3. The maximum Gasteiger partial charge on any atom is 0.123 e. The number of aromatic nitrogens is 1. The topological polar surface area (TPSA) is 37.5 Å². The second-order valence-corrected chi connectivity index (χ2v) is 5.76. The van der Waals surface area contributed by atoms with Crippen LogP contribution >= 0.6 is 0 Å². The van der Waals surface area contributed by atoms with Gasteiger partial charge in [0.05, 0.1) is 6.21 Å². The van der Waals surface area contributed by atoms with Gasteiger partial charge in [-0.05, 0) is 34.5 Å². The van der Waals surface area contributed by atoms with Crippen molar-refractivity contribution >= 4 is 27.9 Å². The van der Waals surface area contributed by atoms with Gasteiger partial charge < -0.3 is 9.77 Å². The van der Waals surface area contributed by atoms with Crippen LogP contribution < -0.4 is 0 Å². The summed E-state index contributed by atoms with van der Waals surface area (Å²) in [5.74, 6) is -0.307. The molecular formula is C20H15FN2O. The number of fused-ring (bicyclic) bond motifs is 2. The molecule has 0 aliphatic carbocycles. The van der Waals surface area contributed by atoms with Gasteiger partial charge >= 0.3 is 0 Å². The highest BCUT2D eigenvalue weighted by Crippen LogP contribution is 2.25. The van der Waals surface area contributed by atoms with E-state index in [-0.39, 0.29) is 5.82 Å². The van der Waals surface area contributed by atoms with Crippen LogP contribution in [-0.2, 0) is 6.54 Å². The first kappa shape index (κ1) is 14.5. The van der Waals surface area contributed by atoms with Gasteiger partial charge in [0.1, 0.15) is 5.82 Å². The molecule has 0 spiro atoms. The number of oxime groups is 1. The van der Waals surface area contributed by atoms with Crippen LogP contribution in [0.4, 0.5) is 4.39 Å². The summed E-state index contributed by atoms with van der Waals surface area (Å²) in [5, 5.41) is 15.1. The molecule has 0 bridgehead atoms. The molecular weight excluding hydrogens is 303 g/mol. The molecule has 0 saturated carbocycles. The van der Waals surface area contributed by atoms with Crippen molar-refractivity contribution in [2.75, 3.05) is 0 Å². The minimum atomic E-state index is -0.307. The second-order valence-electron chi connectivity index (χ2n) is 5.76. The van der Waals surface area contributed by atoms with E-state index in [4.69, 9.17) is 5.21 Å². The van der Waals surface area contributed by atoms with E-state index >= 15 is 0 Å². The molecule has 4 aromatic rings. The molecule has 0 radical (unpaired) electrons. The smallest absolute Gasteiger partial charge is 0.123 e. The number of hydrogen-bond donors (Lipinski definition) is 1. The van der Waals surface area contributed by atoms with Crippen molar-refractivity contribution in [2.45, 2.75) is 6.54 Å². The summed E-state index contributed by atoms with van der Waals surface area (Å²) < 4.78 is 15.6. The van der Waals surface area contributed by atoms with Crippen LogP contribution in [-0.4, -0.2) is 16.0 Å². The van der Waals surface area contributed by atoms with Crippen LogP contribution in [0.2, 0.25) is 0 Å². The Labute approximate surface area is 138 Å². The lowest BCUT2D eigenvalue weighted by Crippen LogP contribution is -1.98. The van der Waals surface area contributed by atoms with Crippen LogP contribution in [0.25, 0.3) is 21.7 Å². The minimum Gasteiger partial charge on any atom is -0.411 e. The van der Waals surface area contributed by atoms with E-state index in [0.29, 0.717) is 12.1 Å². The van der Waals surface area contributed by atoms with E-state index in [0.717, 1.165) is 10.9 Å². The molecule has 4 heteroatoms. The molecule has 0 aliphatic rings. The SMILES string of the molecule is ON=Cc1cn(Cc2cccc3ccccc23)c2ccc(F)cc12. The molecule has 0 atom stereocenters. The lowest BCUT2D eigenvalue weighted by atomic mass is 10.0. The molecule has 0 amide bonds. The monoisotopic (exact) mass is 318 g/mol. The first-order chi connectivity index (χ1) is 11.8. The Bertz CT molecular complexity index is 1060. The Hall–Kier alpha value is -3.14. The van der Waals surface area contributed by atoms with E-state index in [1.165, 1.54) is 34.7 Å². The molecule has 1 heterocycles. The summed E-state index contributed by atoms with van der Waals surface area (Å²) in [5.41, 5.74) is 2.77. The summed E-state index contributed by atoms with van der Waals surface area (Å²) in [6.07, 6.45) is 3.22. The van der Waals surface area contributed by atoms with Crippen molar-refractivity contribution in [3.8, 4) is 0 Å². The van der Waals surface area contributed by atoms with Gasteiger partial charge in [-0.25, -0.2) is 4.39 Å². The van der Waals surface area contributed by atoms with Crippen molar-refractivity contribution in [1.29, 1.82) is 0 Å². The quantitative estimate of drug-likeness (QED) is 0.329. The van der Waals surface area contributed by atoms with Crippen LogP contribution in [0, 0.1) is 5.82 Å². The molecule has 3 nitrogen and oxygen atoms in total. The van der Waals surface area contributed by atoms with E-state index < -0.39 is 0 Å². The van der Waals surface area contributed by atoms with Crippen molar-refractivity contribution in [3.05, 3.63) is 83.8 Å². The Morgan fingerprint density at radius 2 is 1.83 bits per heavy atom. The fraction of sp³-hybridized carbons (Fsp3) is 0.0500. The average Bonchev–Trinajstić information content (AvgIpc) is 2.92. The van der Waals surface area contributed by atoms with E-state index in [1.54, 1.807) is 6.07 Å². The standard InChI is InChI=1S/C20H15FN2O/c21-17-8-9-20-19(10-17)16(11-22-24)13-23(20)12-15-6-3-5-14-4-1-2-7-18(14)15/h1-11,13,24H,12H2. The molecule has 0 saturated heterocycles. The Morgan fingerprint density at radius 1 is 1.00 bits per heavy atom. The van der Waals surface area contributed by atoms with Crippen LogP contribution in [0.1, 0.15) is 11.1 Å². The van der Waals surface area contributed by atoms with Gasteiger partial charge in [-0.15, -0.1) is 0 Å². The third-order valence-electron chi connectivity index (χ3n) is 4.29. The fourth-order valence-electron chi connectivity index (χ4n) is 3.21.